The van der Waals surface area contributed by atoms with E-state index in [4.69, 9.17) is 21.1 Å². The van der Waals surface area contributed by atoms with Crippen LogP contribution >= 0.6 is 11.6 Å². The number of rotatable bonds is 9. The molecule has 0 saturated carbocycles. The number of nitrogens with zero attached hydrogens (tertiary/aromatic N) is 1. The van der Waals surface area contributed by atoms with Crippen molar-refractivity contribution in [2.45, 2.75) is 24.0 Å². The minimum Gasteiger partial charge on any atom is -0.497 e. The number of hydrogen-bond donors (Lipinski definition) is 1. The maximum absolute atomic E-state index is 13.5. The lowest BCUT2D eigenvalue weighted by Crippen LogP contribution is -2.41. The molecule has 7 nitrogen and oxygen atoms in total. The van der Waals surface area contributed by atoms with Crippen LogP contribution in [0.15, 0.2) is 71.6 Å². The number of halogens is 4. The Kier molecular flexibility index (Phi) is 8.60. The van der Waals surface area contributed by atoms with Crippen molar-refractivity contribution in [3.8, 4) is 11.5 Å². The summed E-state index contributed by atoms with van der Waals surface area (Å²) in [6.45, 7) is 0.849. The Labute approximate surface area is 217 Å². The molecule has 1 atom stereocenters. The van der Waals surface area contributed by atoms with Crippen molar-refractivity contribution in [3.63, 3.8) is 0 Å². The number of ether oxygens (including phenoxy) is 2. The van der Waals surface area contributed by atoms with E-state index in [2.05, 4.69) is 5.32 Å². The summed E-state index contributed by atoms with van der Waals surface area (Å²) in [5, 5.41) is 2.07. The molecule has 0 saturated heterocycles. The summed E-state index contributed by atoms with van der Waals surface area (Å²) in [7, 11) is -1.50. The van der Waals surface area contributed by atoms with Crippen LogP contribution in [0.4, 0.5) is 18.9 Å². The average molecular weight is 557 g/mol. The first kappa shape index (κ1) is 28.1. The maximum atomic E-state index is 13.5. The highest BCUT2D eigenvalue weighted by atomic mass is 35.5. The highest BCUT2D eigenvalue weighted by Crippen LogP contribution is 2.38. The van der Waals surface area contributed by atoms with Crippen molar-refractivity contribution in [1.29, 1.82) is 0 Å². The van der Waals surface area contributed by atoms with Gasteiger partial charge >= 0.3 is 6.18 Å². The number of carbonyl (C=O) groups is 1. The van der Waals surface area contributed by atoms with E-state index in [1.165, 1.54) is 38.5 Å². The molecular weight excluding hydrogens is 533 g/mol. The molecule has 3 aromatic carbocycles. The van der Waals surface area contributed by atoms with Gasteiger partial charge in [-0.25, -0.2) is 8.42 Å². The molecule has 3 rings (SSSR count). The van der Waals surface area contributed by atoms with Crippen LogP contribution in [0.2, 0.25) is 5.02 Å². The molecular formula is C25H24ClF3N2O5S. The van der Waals surface area contributed by atoms with Gasteiger partial charge in [-0.2, -0.15) is 13.2 Å². The van der Waals surface area contributed by atoms with E-state index in [0.717, 1.165) is 12.1 Å². The summed E-state index contributed by atoms with van der Waals surface area (Å²) in [5.41, 5.74) is -1.05. The van der Waals surface area contributed by atoms with Crippen LogP contribution in [0.25, 0.3) is 0 Å². The van der Waals surface area contributed by atoms with Gasteiger partial charge in [0.25, 0.3) is 10.0 Å². The molecule has 198 valence electrons. The fourth-order valence-electron chi connectivity index (χ4n) is 3.59. The molecule has 0 aliphatic carbocycles. The van der Waals surface area contributed by atoms with Crippen molar-refractivity contribution >= 4 is 33.2 Å². The minimum atomic E-state index is -4.84. The summed E-state index contributed by atoms with van der Waals surface area (Å²) < 4.78 is 78.6. The summed E-state index contributed by atoms with van der Waals surface area (Å²) in [6.07, 6.45) is -4.84. The number of benzene rings is 3. The molecule has 0 radical (unpaired) electrons. The van der Waals surface area contributed by atoms with Gasteiger partial charge in [-0.05, 0) is 55.5 Å². The molecule has 0 aliphatic heterocycles. The highest BCUT2D eigenvalue weighted by Gasteiger charge is 2.35. The van der Waals surface area contributed by atoms with Crippen molar-refractivity contribution in [2.24, 2.45) is 0 Å². The Morgan fingerprint density at radius 3 is 2.30 bits per heavy atom. The number of sulfonamides is 1. The molecule has 0 bridgehead atoms. The lowest BCUT2D eigenvalue weighted by atomic mass is 10.1. The predicted molar refractivity (Wildman–Crippen MR) is 134 cm³/mol. The van der Waals surface area contributed by atoms with Crippen LogP contribution in [0, 0.1) is 0 Å². The lowest BCUT2D eigenvalue weighted by Gasteiger charge is -2.26. The first-order valence-corrected chi connectivity index (χ1v) is 12.7. The largest absolute Gasteiger partial charge is 0.497 e. The second-order valence-corrected chi connectivity index (χ2v) is 10.2. The molecule has 3 aromatic rings. The van der Waals surface area contributed by atoms with Crippen LogP contribution in [0.5, 0.6) is 11.5 Å². The fourth-order valence-corrected chi connectivity index (χ4v) is 5.25. The predicted octanol–water partition coefficient (Wildman–Crippen LogP) is 5.45. The number of hydrogen-bond acceptors (Lipinski definition) is 5. The van der Waals surface area contributed by atoms with Gasteiger partial charge in [0.15, 0.2) is 0 Å². The van der Waals surface area contributed by atoms with Gasteiger partial charge in [-0.1, -0.05) is 29.8 Å². The molecule has 37 heavy (non-hydrogen) atoms. The van der Waals surface area contributed by atoms with E-state index in [1.54, 1.807) is 31.2 Å². The summed E-state index contributed by atoms with van der Waals surface area (Å²) >= 11 is 5.72. The van der Waals surface area contributed by atoms with Crippen LogP contribution in [-0.2, 0) is 21.0 Å². The van der Waals surface area contributed by atoms with Gasteiger partial charge < -0.3 is 14.8 Å². The Morgan fingerprint density at radius 1 is 1.03 bits per heavy atom. The zero-order valence-electron chi connectivity index (χ0n) is 20.0. The van der Waals surface area contributed by atoms with Crippen molar-refractivity contribution in [1.82, 2.24) is 5.32 Å². The first-order valence-electron chi connectivity index (χ1n) is 10.8. The van der Waals surface area contributed by atoms with Gasteiger partial charge in [0.05, 0.1) is 41.4 Å². The second kappa shape index (κ2) is 11.3. The summed E-state index contributed by atoms with van der Waals surface area (Å²) in [6, 6.07) is 14.0. The van der Waals surface area contributed by atoms with Gasteiger partial charge in [-0.3, -0.25) is 9.10 Å². The average Bonchev–Trinajstić information content (AvgIpc) is 2.87. The summed E-state index contributed by atoms with van der Waals surface area (Å²) in [5.74, 6) is 0.196. The lowest BCUT2D eigenvalue weighted by molar-refractivity contribution is -0.137. The van der Waals surface area contributed by atoms with E-state index < -0.39 is 45.3 Å². The molecule has 12 heteroatoms. The van der Waals surface area contributed by atoms with Crippen molar-refractivity contribution in [2.75, 3.05) is 25.1 Å². The van der Waals surface area contributed by atoms with E-state index in [0.29, 0.717) is 27.4 Å². The standard InChI is InChI=1S/C25H24ClF3N2O5S/c1-16(20-14-18(35-2)10-12-23(20)36-3)30-24(32)15-31(37(33,34)19-7-5-4-6-8-19)17-9-11-22(26)21(13-17)25(27,28)29/h4-14,16H,15H2,1-3H3,(H,30,32)/t16-/m0/s1. The van der Waals surface area contributed by atoms with Crippen LogP contribution in [0.1, 0.15) is 24.1 Å². The maximum Gasteiger partial charge on any atom is 0.417 e. The second-order valence-electron chi connectivity index (χ2n) is 7.88. The first-order chi connectivity index (χ1) is 17.4. The molecule has 0 spiro atoms. The molecule has 1 N–H and O–H groups in total. The zero-order valence-corrected chi connectivity index (χ0v) is 21.6. The van der Waals surface area contributed by atoms with Gasteiger partial charge in [-0.15, -0.1) is 0 Å². The van der Waals surface area contributed by atoms with Crippen LogP contribution in [-0.4, -0.2) is 35.1 Å². The Balaban J connectivity index is 1.99. The van der Waals surface area contributed by atoms with Crippen LogP contribution < -0.4 is 19.1 Å². The van der Waals surface area contributed by atoms with E-state index in [1.807, 2.05) is 0 Å². The summed E-state index contributed by atoms with van der Waals surface area (Å²) in [4.78, 5) is 12.9. The van der Waals surface area contributed by atoms with Gasteiger partial charge in [0.2, 0.25) is 5.91 Å². The molecule has 0 aliphatic rings. The van der Waals surface area contributed by atoms with Crippen LogP contribution in [0.3, 0.4) is 0 Å². The van der Waals surface area contributed by atoms with Crippen molar-refractivity contribution < 1.29 is 35.9 Å². The van der Waals surface area contributed by atoms with Gasteiger partial charge in [0.1, 0.15) is 18.0 Å². The number of methoxy groups -OCH3 is 2. The topological polar surface area (TPSA) is 84.9 Å². The smallest absolute Gasteiger partial charge is 0.417 e. The van der Waals surface area contributed by atoms with E-state index in [-0.39, 0.29) is 10.6 Å². The SMILES string of the molecule is COc1ccc(OC)c([C@H](C)NC(=O)CN(c2ccc(Cl)c(C(F)(F)F)c2)S(=O)(=O)c2ccccc2)c1. The monoisotopic (exact) mass is 556 g/mol. The number of anilines is 1. The zero-order chi connectivity index (χ0) is 27.4. The third-order valence-electron chi connectivity index (χ3n) is 5.44. The fraction of sp³-hybridized carbons (Fsp3) is 0.240. The third kappa shape index (κ3) is 6.47. The number of amides is 1. The normalized spacial score (nSPS) is 12.5. The molecule has 0 fully saturated rings. The van der Waals surface area contributed by atoms with E-state index >= 15 is 0 Å². The Morgan fingerprint density at radius 2 is 1.70 bits per heavy atom. The number of nitrogens with one attached hydrogen (secondary N) is 1. The quantitative estimate of drug-likeness (QED) is 0.379. The highest BCUT2D eigenvalue weighted by molar-refractivity contribution is 7.92. The molecule has 0 heterocycles. The number of alkyl halides is 3. The molecule has 0 aromatic heterocycles. The number of carbonyl (C=O) groups excluding carboxylic acids is 1. The van der Waals surface area contributed by atoms with E-state index in [9.17, 15) is 26.4 Å². The Bertz CT molecular complexity index is 1370. The minimum absolute atomic E-state index is 0.200. The third-order valence-corrected chi connectivity index (χ3v) is 7.56. The molecule has 0 unspecified atom stereocenters. The van der Waals surface area contributed by atoms with Gasteiger partial charge in [0, 0.05) is 5.56 Å². The molecule has 1 amide bonds. The van der Waals surface area contributed by atoms with Crippen molar-refractivity contribution in [3.05, 3.63) is 82.9 Å². The Hall–Kier alpha value is -3.44.